The van der Waals surface area contributed by atoms with Gasteiger partial charge in [-0.25, -0.2) is 4.79 Å². The maximum absolute atomic E-state index is 11.1. The van der Waals surface area contributed by atoms with Gasteiger partial charge < -0.3 is 15.0 Å². The highest BCUT2D eigenvalue weighted by molar-refractivity contribution is 5.67. The van der Waals surface area contributed by atoms with E-state index < -0.39 is 0 Å². The van der Waals surface area contributed by atoms with Crippen LogP contribution in [-0.2, 0) is 4.74 Å². The fraction of sp³-hybridized carbons (Fsp3) is 0.909. The highest BCUT2D eigenvalue weighted by Crippen LogP contribution is 2.07. The zero-order valence-corrected chi connectivity index (χ0v) is 9.79. The molecule has 0 aromatic carbocycles. The van der Waals surface area contributed by atoms with Crippen LogP contribution < -0.4 is 5.32 Å². The van der Waals surface area contributed by atoms with Crippen molar-refractivity contribution in [2.75, 3.05) is 26.2 Å². The van der Waals surface area contributed by atoms with Crippen molar-refractivity contribution in [1.29, 1.82) is 0 Å². The Balaban J connectivity index is 2.02. The smallest absolute Gasteiger partial charge is 0.407 e. The molecule has 0 radical (unpaired) electrons. The Morgan fingerprint density at radius 3 is 2.60 bits per heavy atom. The number of hydrogen-bond donors (Lipinski definition) is 1. The van der Waals surface area contributed by atoms with Gasteiger partial charge in [-0.15, -0.1) is 0 Å². The van der Waals surface area contributed by atoms with Crippen molar-refractivity contribution < 1.29 is 9.53 Å². The van der Waals surface area contributed by atoms with E-state index in [1.807, 2.05) is 13.8 Å². The predicted octanol–water partition coefficient (Wildman–Crippen LogP) is 1.61. The molecule has 1 saturated heterocycles. The summed E-state index contributed by atoms with van der Waals surface area (Å²) in [6, 6.07) is 0. The standard InChI is InChI=1S/C11H22N2O2/c1-10(2)15-11(14)12-6-9-13-7-4-3-5-8-13/h10H,3-9H2,1-2H3,(H,12,14). The minimum absolute atomic E-state index is 0.0417. The number of nitrogens with one attached hydrogen (secondary N) is 1. The lowest BCUT2D eigenvalue weighted by Crippen LogP contribution is -2.38. The maximum Gasteiger partial charge on any atom is 0.407 e. The molecule has 88 valence electrons. The molecule has 0 bridgehead atoms. The number of piperidine rings is 1. The average molecular weight is 214 g/mol. The van der Waals surface area contributed by atoms with Gasteiger partial charge in [0.15, 0.2) is 0 Å². The van der Waals surface area contributed by atoms with Crippen molar-refractivity contribution >= 4 is 6.09 Å². The maximum atomic E-state index is 11.1. The highest BCUT2D eigenvalue weighted by Gasteiger charge is 2.10. The summed E-state index contributed by atoms with van der Waals surface area (Å²) in [5, 5.41) is 2.76. The Morgan fingerprint density at radius 2 is 2.00 bits per heavy atom. The van der Waals surface area contributed by atoms with Crippen LogP contribution in [0, 0.1) is 0 Å². The monoisotopic (exact) mass is 214 g/mol. The van der Waals surface area contributed by atoms with E-state index in [-0.39, 0.29) is 12.2 Å². The third kappa shape index (κ3) is 5.62. The Bertz CT molecular complexity index is 189. The Morgan fingerprint density at radius 1 is 1.33 bits per heavy atom. The lowest BCUT2D eigenvalue weighted by atomic mass is 10.1. The van der Waals surface area contributed by atoms with Gasteiger partial charge in [0.05, 0.1) is 6.10 Å². The summed E-state index contributed by atoms with van der Waals surface area (Å²) >= 11 is 0. The van der Waals surface area contributed by atoms with E-state index in [4.69, 9.17) is 4.74 Å². The van der Waals surface area contributed by atoms with Crippen LogP contribution in [0.15, 0.2) is 0 Å². The van der Waals surface area contributed by atoms with E-state index in [1.165, 1.54) is 32.4 Å². The average Bonchev–Trinajstić information content (AvgIpc) is 2.18. The number of likely N-dealkylation sites (tertiary alicyclic amines) is 1. The normalized spacial score (nSPS) is 17.8. The van der Waals surface area contributed by atoms with Crippen LogP contribution in [0.4, 0.5) is 4.79 Å². The number of nitrogens with zero attached hydrogens (tertiary/aromatic N) is 1. The van der Waals surface area contributed by atoms with Crippen molar-refractivity contribution in [1.82, 2.24) is 10.2 Å². The zero-order valence-electron chi connectivity index (χ0n) is 9.79. The highest BCUT2D eigenvalue weighted by atomic mass is 16.6. The first-order valence-electron chi connectivity index (χ1n) is 5.85. The second-order valence-corrected chi connectivity index (χ2v) is 4.28. The van der Waals surface area contributed by atoms with Crippen LogP contribution in [0.5, 0.6) is 0 Å². The molecule has 0 aromatic rings. The van der Waals surface area contributed by atoms with Gasteiger partial charge in [-0.05, 0) is 39.8 Å². The second-order valence-electron chi connectivity index (χ2n) is 4.28. The first kappa shape index (κ1) is 12.3. The van der Waals surface area contributed by atoms with Gasteiger partial charge in [0.1, 0.15) is 0 Å². The van der Waals surface area contributed by atoms with Crippen molar-refractivity contribution in [3.05, 3.63) is 0 Å². The molecule has 1 N–H and O–H groups in total. The molecule has 4 nitrogen and oxygen atoms in total. The molecular weight excluding hydrogens is 192 g/mol. The molecular formula is C11H22N2O2. The largest absolute Gasteiger partial charge is 0.447 e. The van der Waals surface area contributed by atoms with Crippen molar-refractivity contribution in [3.8, 4) is 0 Å². The molecule has 0 unspecified atom stereocenters. The minimum atomic E-state index is -0.304. The molecule has 0 atom stereocenters. The number of carbonyl (C=O) groups is 1. The Kier molecular flexibility index (Phi) is 5.47. The molecule has 1 aliphatic heterocycles. The summed E-state index contributed by atoms with van der Waals surface area (Å²) in [6.07, 6.45) is 3.58. The summed E-state index contributed by atoms with van der Waals surface area (Å²) in [7, 11) is 0. The molecule has 0 saturated carbocycles. The lowest BCUT2D eigenvalue weighted by molar-refractivity contribution is 0.114. The molecule has 0 spiro atoms. The minimum Gasteiger partial charge on any atom is -0.447 e. The van der Waals surface area contributed by atoms with Crippen LogP contribution in [0.1, 0.15) is 33.1 Å². The molecule has 0 aromatic heterocycles. The first-order chi connectivity index (χ1) is 7.18. The van der Waals surface area contributed by atoms with Gasteiger partial charge in [0.2, 0.25) is 0 Å². The van der Waals surface area contributed by atoms with Gasteiger partial charge in [-0.1, -0.05) is 6.42 Å². The molecule has 1 amide bonds. The predicted molar refractivity (Wildman–Crippen MR) is 59.9 cm³/mol. The van der Waals surface area contributed by atoms with E-state index in [2.05, 4.69) is 10.2 Å². The topological polar surface area (TPSA) is 41.6 Å². The number of rotatable bonds is 4. The quantitative estimate of drug-likeness (QED) is 0.773. The van der Waals surface area contributed by atoms with E-state index in [9.17, 15) is 4.79 Å². The second kappa shape index (κ2) is 6.67. The summed E-state index contributed by atoms with van der Waals surface area (Å²) in [4.78, 5) is 13.5. The molecule has 0 aliphatic carbocycles. The van der Waals surface area contributed by atoms with Crippen molar-refractivity contribution in [2.24, 2.45) is 0 Å². The SMILES string of the molecule is CC(C)OC(=O)NCCN1CCCCC1. The summed E-state index contributed by atoms with van der Waals surface area (Å²) in [5.74, 6) is 0. The first-order valence-corrected chi connectivity index (χ1v) is 5.85. The Labute approximate surface area is 92.0 Å². The van der Waals surface area contributed by atoms with Crippen LogP contribution in [-0.4, -0.2) is 43.3 Å². The molecule has 1 heterocycles. The number of carbonyl (C=O) groups excluding carboxylic acids is 1. The van der Waals surface area contributed by atoms with Crippen LogP contribution in [0.3, 0.4) is 0 Å². The molecule has 15 heavy (non-hydrogen) atoms. The number of ether oxygens (including phenoxy) is 1. The third-order valence-electron chi connectivity index (χ3n) is 2.49. The molecule has 1 fully saturated rings. The van der Waals surface area contributed by atoms with Crippen LogP contribution in [0.25, 0.3) is 0 Å². The van der Waals surface area contributed by atoms with Gasteiger partial charge in [-0.2, -0.15) is 0 Å². The molecule has 1 aliphatic rings. The number of alkyl carbamates (subject to hydrolysis) is 1. The molecule has 1 rings (SSSR count). The van der Waals surface area contributed by atoms with E-state index in [0.29, 0.717) is 6.54 Å². The van der Waals surface area contributed by atoms with Gasteiger partial charge >= 0.3 is 6.09 Å². The summed E-state index contributed by atoms with van der Waals surface area (Å²) in [6.45, 7) is 7.66. The lowest BCUT2D eigenvalue weighted by Gasteiger charge is -2.26. The van der Waals surface area contributed by atoms with E-state index >= 15 is 0 Å². The number of hydrogen-bond acceptors (Lipinski definition) is 3. The van der Waals surface area contributed by atoms with E-state index in [1.54, 1.807) is 0 Å². The van der Waals surface area contributed by atoms with Gasteiger partial charge in [0.25, 0.3) is 0 Å². The van der Waals surface area contributed by atoms with Crippen LogP contribution >= 0.6 is 0 Å². The van der Waals surface area contributed by atoms with Gasteiger partial charge in [0, 0.05) is 13.1 Å². The fourth-order valence-electron chi connectivity index (χ4n) is 1.75. The van der Waals surface area contributed by atoms with Gasteiger partial charge in [-0.3, -0.25) is 0 Å². The van der Waals surface area contributed by atoms with Crippen molar-refractivity contribution in [3.63, 3.8) is 0 Å². The Hall–Kier alpha value is -0.770. The zero-order chi connectivity index (χ0) is 11.1. The van der Waals surface area contributed by atoms with Crippen molar-refractivity contribution in [2.45, 2.75) is 39.2 Å². The number of amides is 1. The molecule has 4 heteroatoms. The van der Waals surface area contributed by atoms with E-state index in [0.717, 1.165) is 6.54 Å². The summed E-state index contributed by atoms with van der Waals surface area (Å²) in [5.41, 5.74) is 0. The van der Waals surface area contributed by atoms with Crippen LogP contribution in [0.2, 0.25) is 0 Å². The fourth-order valence-corrected chi connectivity index (χ4v) is 1.75. The third-order valence-corrected chi connectivity index (χ3v) is 2.49. The summed E-state index contributed by atoms with van der Waals surface area (Å²) < 4.78 is 4.97.